The Balaban J connectivity index is 1.46. The highest BCUT2D eigenvalue weighted by atomic mass is 35.5. The quantitative estimate of drug-likeness (QED) is 0.443. The summed E-state index contributed by atoms with van der Waals surface area (Å²) in [6, 6.07) is 10.2. The van der Waals surface area contributed by atoms with Crippen LogP contribution in [0.1, 0.15) is 48.8 Å². The van der Waals surface area contributed by atoms with Crippen molar-refractivity contribution < 1.29 is 22.8 Å². The topological polar surface area (TPSA) is 41.9 Å². The summed E-state index contributed by atoms with van der Waals surface area (Å²) in [5.74, 6) is -0.0460. The predicted molar refractivity (Wildman–Crippen MR) is 121 cm³/mol. The zero-order valence-corrected chi connectivity index (χ0v) is 19.3. The number of amides is 1. The first-order valence-electron chi connectivity index (χ1n) is 10.8. The summed E-state index contributed by atoms with van der Waals surface area (Å²) in [7, 11) is 0. The summed E-state index contributed by atoms with van der Waals surface area (Å²) >= 11 is 12.1. The molecule has 2 aromatic rings. The largest absolute Gasteiger partial charge is 0.416 e. The summed E-state index contributed by atoms with van der Waals surface area (Å²) < 4.78 is 38.7. The van der Waals surface area contributed by atoms with Gasteiger partial charge in [-0.1, -0.05) is 59.4 Å². The zero-order chi connectivity index (χ0) is 23.6. The average Bonchev–Trinajstić information content (AvgIpc) is 3.47. The van der Waals surface area contributed by atoms with Gasteiger partial charge in [0.25, 0.3) is 0 Å². The number of nitrogens with zero attached hydrogens (tertiary/aromatic N) is 2. The average molecular weight is 499 g/mol. The minimum atomic E-state index is -4.39. The van der Waals surface area contributed by atoms with E-state index in [4.69, 9.17) is 28.0 Å². The van der Waals surface area contributed by atoms with Crippen molar-refractivity contribution in [3.63, 3.8) is 0 Å². The summed E-state index contributed by atoms with van der Waals surface area (Å²) in [6.07, 6.45) is -0.580. The SMILES string of the molecule is O=C(C1CCCC1)N(Cc1ccc(C(F)(F)F)cc1)C[C@@H]1CC(c2ccc(Cl)c(Cl)c2)=NO1. The van der Waals surface area contributed by atoms with Gasteiger partial charge in [-0.3, -0.25) is 4.79 Å². The van der Waals surface area contributed by atoms with Crippen molar-refractivity contribution in [1.82, 2.24) is 4.90 Å². The summed E-state index contributed by atoms with van der Waals surface area (Å²) in [6.45, 7) is 0.514. The molecule has 1 atom stereocenters. The fourth-order valence-corrected chi connectivity index (χ4v) is 4.60. The van der Waals surface area contributed by atoms with Crippen LogP contribution in [0.4, 0.5) is 13.2 Å². The van der Waals surface area contributed by atoms with Gasteiger partial charge in [-0.2, -0.15) is 13.2 Å². The Morgan fingerprint density at radius 2 is 1.76 bits per heavy atom. The van der Waals surface area contributed by atoms with E-state index in [9.17, 15) is 18.0 Å². The second-order valence-corrected chi connectivity index (χ2v) is 9.31. The highest BCUT2D eigenvalue weighted by molar-refractivity contribution is 6.42. The molecule has 1 amide bonds. The van der Waals surface area contributed by atoms with Crippen molar-refractivity contribution in [3.05, 3.63) is 69.2 Å². The lowest BCUT2D eigenvalue weighted by atomic mass is 10.0. The standard InChI is InChI=1S/C24H23Cl2F3N2O2/c25-20-10-7-17(11-21(20)26)22-12-19(33-30-22)14-31(23(32)16-3-1-2-4-16)13-15-5-8-18(9-6-15)24(27,28)29/h5-11,16,19H,1-4,12-14H2/t19-/m0/s1. The van der Waals surface area contributed by atoms with Gasteiger partial charge in [-0.15, -0.1) is 0 Å². The van der Waals surface area contributed by atoms with Crippen molar-refractivity contribution in [2.75, 3.05) is 6.54 Å². The molecule has 2 aliphatic rings. The van der Waals surface area contributed by atoms with Gasteiger partial charge < -0.3 is 9.74 Å². The molecule has 0 N–H and O–H groups in total. The number of carbonyl (C=O) groups excluding carboxylic acids is 1. The number of hydrogen-bond acceptors (Lipinski definition) is 3. The Morgan fingerprint density at radius 1 is 1.06 bits per heavy atom. The number of carbonyl (C=O) groups is 1. The van der Waals surface area contributed by atoms with E-state index in [1.807, 2.05) is 6.07 Å². The van der Waals surface area contributed by atoms with E-state index in [1.165, 1.54) is 12.1 Å². The Labute approximate surface area is 200 Å². The molecule has 4 rings (SSSR count). The van der Waals surface area contributed by atoms with Gasteiger partial charge >= 0.3 is 6.18 Å². The molecular formula is C24H23Cl2F3N2O2. The van der Waals surface area contributed by atoms with E-state index >= 15 is 0 Å². The highest BCUT2D eigenvalue weighted by Gasteiger charge is 2.33. The van der Waals surface area contributed by atoms with Crippen molar-refractivity contribution in [3.8, 4) is 0 Å². The fourth-order valence-electron chi connectivity index (χ4n) is 4.30. The maximum absolute atomic E-state index is 13.2. The van der Waals surface area contributed by atoms with Gasteiger partial charge in [0.2, 0.25) is 5.91 Å². The maximum atomic E-state index is 13.2. The molecule has 0 unspecified atom stereocenters. The highest BCUT2D eigenvalue weighted by Crippen LogP contribution is 2.31. The summed E-state index contributed by atoms with van der Waals surface area (Å²) in [5, 5.41) is 5.03. The maximum Gasteiger partial charge on any atom is 0.416 e. The van der Waals surface area contributed by atoms with Crippen molar-refractivity contribution in [1.29, 1.82) is 0 Å². The third kappa shape index (κ3) is 5.82. The molecule has 176 valence electrons. The van der Waals surface area contributed by atoms with Gasteiger partial charge in [-0.05, 0) is 42.7 Å². The normalized spacial score (nSPS) is 18.8. The molecule has 0 bridgehead atoms. The fraction of sp³-hybridized carbons (Fsp3) is 0.417. The minimum Gasteiger partial charge on any atom is -0.390 e. The third-order valence-corrected chi connectivity index (χ3v) is 6.82. The van der Waals surface area contributed by atoms with Crippen LogP contribution in [0.5, 0.6) is 0 Å². The molecule has 33 heavy (non-hydrogen) atoms. The summed E-state index contributed by atoms with van der Waals surface area (Å²) in [5.41, 5.74) is 1.43. The third-order valence-electron chi connectivity index (χ3n) is 6.08. The van der Waals surface area contributed by atoms with Crippen molar-refractivity contribution >= 4 is 34.8 Å². The van der Waals surface area contributed by atoms with Crippen LogP contribution in [-0.4, -0.2) is 29.2 Å². The van der Waals surface area contributed by atoms with Gasteiger partial charge in [-0.25, -0.2) is 0 Å². The van der Waals surface area contributed by atoms with Crippen LogP contribution < -0.4 is 0 Å². The first kappa shape index (κ1) is 23.9. The Morgan fingerprint density at radius 3 is 2.39 bits per heavy atom. The lowest BCUT2D eigenvalue weighted by molar-refractivity contribution is -0.138. The monoisotopic (exact) mass is 498 g/mol. The molecule has 1 aliphatic heterocycles. The van der Waals surface area contributed by atoms with Crippen LogP contribution in [0.2, 0.25) is 10.0 Å². The Kier molecular flexibility index (Phi) is 7.19. The second kappa shape index (κ2) is 9.94. The molecule has 1 aliphatic carbocycles. The molecule has 0 saturated heterocycles. The van der Waals surface area contributed by atoms with Crippen molar-refractivity contribution in [2.24, 2.45) is 11.1 Å². The second-order valence-electron chi connectivity index (χ2n) is 8.49. The van der Waals surface area contributed by atoms with Gasteiger partial charge in [0.15, 0.2) is 6.10 Å². The summed E-state index contributed by atoms with van der Waals surface area (Å²) in [4.78, 5) is 20.5. The molecule has 1 fully saturated rings. The van der Waals surface area contributed by atoms with Gasteiger partial charge in [0, 0.05) is 24.4 Å². The van der Waals surface area contributed by atoms with Crippen LogP contribution in [0.3, 0.4) is 0 Å². The first-order valence-corrected chi connectivity index (χ1v) is 11.6. The van der Waals surface area contributed by atoms with E-state index in [0.717, 1.165) is 43.4 Å². The van der Waals surface area contributed by atoms with E-state index in [0.29, 0.717) is 34.3 Å². The van der Waals surface area contributed by atoms with Crippen LogP contribution in [0.15, 0.2) is 47.6 Å². The van der Waals surface area contributed by atoms with Crippen molar-refractivity contribution in [2.45, 2.75) is 50.9 Å². The minimum absolute atomic E-state index is 0.0129. The first-order chi connectivity index (χ1) is 15.7. The molecule has 2 aromatic carbocycles. The molecule has 1 saturated carbocycles. The van der Waals surface area contributed by atoms with Crippen LogP contribution in [-0.2, 0) is 22.4 Å². The predicted octanol–water partition coefficient (Wildman–Crippen LogP) is 6.72. The van der Waals surface area contributed by atoms with E-state index in [-0.39, 0.29) is 24.5 Å². The molecular weight excluding hydrogens is 476 g/mol. The van der Waals surface area contributed by atoms with Crippen LogP contribution in [0, 0.1) is 5.92 Å². The molecule has 0 aromatic heterocycles. The number of benzene rings is 2. The lowest BCUT2D eigenvalue weighted by Gasteiger charge is -2.27. The van der Waals surface area contributed by atoms with E-state index < -0.39 is 11.7 Å². The number of hydrogen-bond donors (Lipinski definition) is 0. The molecule has 0 radical (unpaired) electrons. The zero-order valence-electron chi connectivity index (χ0n) is 17.7. The number of oxime groups is 1. The molecule has 0 spiro atoms. The Hall–Kier alpha value is -2.25. The number of alkyl halides is 3. The van der Waals surface area contributed by atoms with Gasteiger partial charge in [0.05, 0.1) is 27.9 Å². The Bertz CT molecular complexity index is 1030. The number of halogens is 5. The van der Waals surface area contributed by atoms with Crippen LogP contribution in [0.25, 0.3) is 0 Å². The smallest absolute Gasteiger partial charge is 0.390 e. The van der Waals surface area contributed by atoms with Crippen LogP contribution >= 0.6 is 23.2 Å². The van der Waals surface area contributed by atoms with E-state index in [1.54, 1.807) is 17.0 Å². The molecule has 4 nitrogen and oxygen atoms in total. The molecule has 1 heterocycles. The molecule has 9 heteroatoms. The van der Waals surface area contributed by atoms with Gasteiger partial charge in [0.1, 0.15) is 0 Å². The lowest BCUT2D eigenvalue weighted by Crippen LogP contribution is -2.40. The van der Waals surface area contributed by atoms with E-state index in [2.05, 4.69) is 5.16 Å². The number of rotatable bonds is 6.